The topological polar surface area (TPSA) is 25.2 Å². The Hall–Kier alpha value is -0.280. The lowest BCUT2D eigenvalue weighted by atomic mass is 9.68. The van der Waals surface area contributed by atoms with E-state index >= 15 is 0 Å². The van der Waals surface area contributed by atoms with E-state index in [2.05, 4.69) is 48.1 Å². The lowest BCUT2D eigenvalue weighted by Crippen LogP contribution is -2.32. The third-order valence-electron chi connectivity index (χ3n) is 4.68. The van der Waals surface area contributed by atoms with Gasteiger partial charge in [0.15, 0.2) is 4.67 Å². The molecular formula is C16H26BrNO. The van der Waals surface area contributed by atoms with Crippen LogP contribution in [0.15, 0.2) is 21.2 Å². The summed E-state index contributed by atoms with van der Waals surface area (Å²) < 4.78 is 6.56. The summed E-state index contributed by atoms with van der Waals surface area (Å²) in [7, 11) is 2.04. The summed E-state index contributed by atoms with van der Waals surface area (Å²) >= 11 is 3.39. The Labute approximate surface area is 125 Å². The van der Waals surface area contributed by atoms with Gasteiger partial charge in [-0.15, -0.1) is 0 Å². The van der Waals surface area contributed by atoms with Gasteiger partial charge in [-0.3, -0.25) is 0 Å². The van der Waals surface area contributed by atoms with Gasteiger partial charge in [-0.1, -0.05) is 20.8 Å². The van der Waals surface area contributed by atoms with E-state index in [-0.39, 0.29) is 0 Å². The predicted octanol–water partition coefficient (Wildman–Crippen LogP) is 5.16. The summed E-state index contributed by atoms with van der Waals surface area (Å²) in [5.74, 6) is 2.62. The molecular weight excluding hydrogens is 302 g/mol. The highest BCUT2D eigenvalue weighted by Gasteiger charge is 2.33. The van der Waals surface area contributed by atoms with E-state index in [0.29, 0.717) is 17.4 Å². The molecule has 0 saturated heterocycles. The average molecular weight is 328 g/mol. The van der Waals surface area contributed by atoms with E-state index in [1.54, 1.807) is 0 Å². The van der Waals surface area contributed by atoms with Crippen LogP contribution >= 0.6 is 15.9 Å². The van der Waals surface area contributed by atoms with Crippen LogP contribution in [0.1, 0.15) is 58.3 Å². The molecule has 1 aliphatic rings. The first-order chi connectivity index (χ1) is 8.91. The molecule has 1 aromatic rings. The highest BCUT2D eigenvalue weighted by molar-refractivity contribution is 9.10. The van der Waals surface area contributed by atoms with E-state index in [0.717, 1.165) is 16.3 Å². The van der Waals surface area contributed by atoms with E-state index in [1.807, 2.05) is 13.1 Å². The average Bonchev–Trinajstić information content (AvgIpc) is 2.76. The summed E-state index contributed by atoms with van der Waals surface area (Å²) in [6, 6.07) is 4.42. The van der Waals surface area contributed by atoms with Crippen molar-refractivity contribution in [2.75, 3.05) is 7.05 Å². The van der Waals surface area contributed by atoms with Crippen LogP contribution in [0.25, 0.3) is 0 Å². The largest absolute Gasteiger partial charge is 0.453 e. The van der Waals surface area contributed by atoms with Gasteiger partial charge in [-0.05, 0) is 78.0 Å². The first-order valence-corrected chi connectivity index (χ1v) is 8.13. The fourth-order valence-corrected chi connectivity index (χ4v) is 3.74. The number of halogens is 1. The normalized spacial score (nSPS) is 26.4. The van der Waals surface area contributed by atoms with Crippen LogP contribution in [0.5, 0.6) is 0 Å². The highest BCUT2D eigenvalue weighted by Crippen LogP contribution is 2.43. The maximum absolute atomic E-state index is 5.74. The van der Waals surface area contributed by atoms with Crippen LogP contribution in [-0.4, -0.2) is 7.05 Å². The molecule has 0 aromatic carbocycles. The number of rotatable bonds is 3. The smallest absolute Gasteiger partial charge is 0.169 e. The van der Waals surface area contributed by atoms with Gasteiger partial charge in [0.2, 0.25) is 0 Å². The summed E-state index contributed by atoms with van der Waals surface area (Å²) in [6.45, 7) is 7.12. The first kappa shape index (κ1) is 15.1. The predicted molar refractivity (Wildman–Crippen MR) is 83.1 cm³/mol. The molecule has 0 spiro atoms. The minimum Gasteiger partial charge on any atom is -0.453 e. The molecule has 3 heteroatoms. The zero-order chi connectivity index (χ0) is 14.0. The van der Waals surface area contributed by atoms with Crippen molar-refractivity contribution < 1.29 is 4.42 Å². The maximum Gasteiger partial charge on any atom is 0.169 e. The van der Waals surface area contributed by atoms with Crippen molar-refractivity contribution in [1.29, 1.82) is 0 Å². The monoisotopic (exact) mass is 327 g/mol. The van der Waals surface area contributed by atoms with Gasteiger partial charge in [0, 0.05) is 0 Å². The Morgan fingerprint density at radius 1 is 1.21 bits per heavy atom. The van der Waals surface area contributed by atoms with Gasteiger partial charge in [-0.25, -0.2) is 0 Å². The molecule has 0 aliphatic heterocycles. The second-order valence-electron chi connectivity index (χ2n) is 6.89. The van der Waals surface area contributed by atoms with Crippen molar-refractivity contribution in [3.8, 4) is 0 Å². The number of hydrogen-bond acceptors (Lipinski definition) is 2. The van der Waals surface area contributed by atoms with Crippen LogP contribution in [0.2, 0.25) is 0 Å². The molecule has 2 rings (SSSR count). The fraction of sp³-hybridized carbons (Fsp3) is 0.750. The zero-order valence-electron chi connectivity index (χ0n) is 12.5. The molecule has 1 unspecified atom stereocenters. The molecule has 0 radical (unpaired) electrons. The van der Waals surface area contributed by atoms with Gasteiger partial charge >= 0.3 is 0 Å². The lowest BCUT2D eigenvalue weighted by Gasteiger charge is -2.39. The van der Waals surface area contributed by atoms with Crippen molar-refractivity contribution in [1.82, 2.24) is 5.32 Å². The lowest BCUT2D eigenvalue weighted by molar-refractivity contribution is 0.129. The quantitative estimate of drug-likeness (QED) is 0.829. The molecule has 1 atom stereocenters. The van der Waals surface area contributed by atoms with Gasteiger partial charge in [0.25, 0.3) is 0 Å². The molecule has 19 heavy (non-hydrogen) atoms. The van der Waals surface area contributed by atoms with E-state index in [1.165, 1.54) is 25.7 Å². The van der Waals surface area contributed by atoms with Crippen LogP contribution < -0.4 is 5.32 Å². The molecule has 0 bridgehead atoms. The van der Waals surface area contributed by atoms with Crippen LogP contribution in [-0.2, 0) is 0 Å². The Bertz CT molecular complexity index is 399. The number of nitrogens with one attached hydrogen (secondary N) is 1. The van der Waals surface area contributed by atoms with Crippen molar-refractivity contribution in [3.05, 3.63) is 22.6 Å². The zero-order valence-corrected chi connectivity index (χ0v) is 14.1. The molecule has 1 heterocycles. The molecule has 2 nitrogen and oxygen atoms in total. The van der Waals surface area contributed by atoms with Crippen molar-refractivity contribution in [3.63, 3.8) is 0 Å². The number of hydrogen-bond donors (Lipinski definition) is 1. The van der Waals surface area contributed by atoms with Crippen molar-refractivity contribution in [2.24, 2.45) is 17.3 Å². The van der Waals surface area contributed by atoms with Gasteiger partial charge in [0.05, 0.1) is 6.04 Å². The standard InChI is InChI=1S/C16H26BrNO/c1-16(2,3)12-7-5-11(6-8-12)15(18-4)13-9-10-14(17)19-13/h9-12,15,18H,5-8H2,1-4H3. The van der Waals surface area contributed by atoms with Crippen LogP contribution in [0.3, 0.4) is 0 Å². The third-order valence-corrected chi connectivity index (χ3v) is 5.11. The molecule has 1 aromatic heterocycles. The second kappa shape index (κ2) is 6.01. The molecule has 1 fully saturated rings. The van der Waals surface area contributed by atoms with E-state index in [9.17, 15) is 0 Å². The molecule has 108 valence electrons. The molecule has 1 aliphatic carbocycles. The number of furan rings is 1. The Kier molecular flexibility index (Phi) is 4.78. The third kappa shape index (κ3) is 3.63. The minimum absolute atomic E-state index is 0.354. The summed E-state index contributed by atoms with van der Waals surface area (Å²) in [6.07, 6.45) is 5.28. The molecule has 1 saturated carbocycles. The van der Waals surface area contributed by atoms with Gasteiger partial charge in [-0.2, -0.15) is 0 Å². The summed E-state index contributed by atoms with van der Waals surface area (Å²) in [5.41, 5.74) is 0.452. The van der Waals surface area contributed by atoms with Crippen molar-refractivity contribution in [2.45, 2.75) is 52.5 Å². The van der Waals surface area contributed by atoms with Gasteiger partial charge < -0.3 is 9.73 Å². The summed E-state index contributed by atoms with van der Waals surface area (Å²) in [4.78, 5) is 0. The maximum atomic E-state index is 5.74. The SMILES string of the molecule is CNC(c1ccc(Br)o1)C1CCC(C(C)(C)C)CC1. The molecule has 0 amide bonds. The summed E-state index contributed by atoms with van der Waals surface area (Å²) in [5, 5.41) is 3.44. The minimum atomic E-state index is 0.354. The highest BCUT2D eigenvalue weighted by atomic mass is 79.9. The van der Waals surface area contributed by atoms with Crippen LogP contribution in [0.4, 0.5) is 0 Å². The first-order valence-electron chi connectivity index (χ1n) is 7.34. The second-order valence-corrected chi connectivity index (χ2v) is 7.67. The Morgan fingerprint density at radius 2 is 1.84 bits per heavy atom. The molecule has 1 N–H and O–H groups in total. The fourth-order valence-electron chi connectivity index (χ4n) is 3.42. The Morgan fingerprint density at radius 3 is 2.26 bits per heavy atom. The van der Waals surface area contributed by atoms with E-state index in [4.69, 9.17) is 4.42 Å². The van der Waals surface area contributed by atoms with Gasteiger partial charge in [0.1, 0.15) is 5.76 Å². The van der Waals surface area contributed by atoms with Crippen LogP contribution in [0, 0.1) is 17.3 Å². The van der Waals surface area contributed by atoms with Crippen molar-refractivity contribution >= 4 is 15.9 Å². The Balaban J connectivity index is 1.99. The van der Waals surface area contributed by atoms with E-state index < -0.39 is 0 Å².